The number of aliphatic hydroxyl groups excluding tert-OH is 2. The number of rotatable bonds is 6. The molecule has 0 saturated carbocycles. The van der Waals surface area contributed by atoms with Crippen molar-refractivity contribution < 1.29 is 10.2 Å². The van der Waals surface area contributed by atoms with Crippen molar-refractivity contribution >= 4 is 29.6 Å². The van der Waals surface area contributed by atoms with Crippen molar-refractivity contribution in [3.8, 4) is 0 Å². The summed E-state index contributed by atoms with van der Waals surface area (Å²) in [6.07, 6.45) is 3.99. The Morgan fingerprint density at radius 3 is 2.18 bits per heavy atom. The molecule has 0 spiro atoms. The Labute approximate surface area is 91.3 Å². The van der Waals surface area contributed by atoms with Crippen molar-refractivity contribution in [2.45, 2.75) is 32.6 Å². The summed E-state index contributed by atoms with van der Waals surface area (Å²) in [6.45, 7) is 2.63. The van der Waals surface area contributed by atoms with E-state index in [9.17, 15) is 0 Å². The molecule has 0 aromatic rings. The fraction of sp³-hybridized carbons (Fsp3) is 1.00. The van der Waals surface area contributed by atoms with Crippen molar-refractivity contribution in [3.63, 3.8) is 0 Å². The molecule has 0 aliphatic carbocycles. The van der Waals surface area contributed by atoms with Crippen LogP contribution in [-0.4, -0.2) is 53.0 Å². The number of hydrogen-bond acceptors (Lipinski definition) is 2. The molecule has 0 saturated heterocycles. The van der Waals surface area contributed by atoms with E-state index in [-0.39, 0.29) is 42.8 Å². The van der Waals surface area contributed by atoms with Crippen molar-refractivity contribution in [2.24, 2.45) is 5.92 Å². The molecule has 64 valence electrons. The molecular formula is C8H19NaO2. The molecule has 0 aromatic carbocycles. The molecule has 0 aromatic heterocycles. The number of aliphatic hydroxyl groups is 2. The minimum atomic E-state index is 0. The van der Waals surface area contributed by atoms with Crippen molar-refractivity contribution in [1.29, 1.82) is 0 Å². The van der Waals surface area contributed by atoms with E-state index in [0.29, 0.717) is 5.92 Å². The van der Waals surface area contributed by atoms with E-state index < -0.39 is 0 Å². The minimum absolute atomic E-state index is 0. The monoisotopic (exact) mass is 170 g/mol. The first-order chi connectivity index (χ1) is 4.85. The third-order valence-electron chi connectivity index (χ3n) is 1.73. The van der Waals surface area contributed by atoms with Crippen molar-refractivity contribution in [2.75, 3.05) is 13.2 Å². The van der Waals surface area contributed by atoms with Gasteiger partial charge in [-0.15, -0.1) is 0 Å². The van der Waals surface area contributed by atoms with E-state index >= 15 is 0 Å². The van der Waals surface area contributed by atoms with E-state index in [1.165, 1.54) is 0 Å². The molecule has 0 radical (unpaired) electrons. The molecule has 0 bridgehead atoms. The Kier molecular flexibility index (Phi) is 14.3. The molecule has 0 rings (SSSR count). The second-order valence-corrected chi connectivity index (χ2v) is 2.70. The molecule has 11 heavy (non-hydrogen) atoms. The molecular weight excluding hydrogens is 151 g/mol. The summed E-state index contributed by atoms with van der Waals surface area (Å²) >= 11 is 0. The first-order valence-corrected chi connectivity index (χ1v) is 4.06. The topological polar surface area (TPSA) is 40.5 Å². The van der Waals surface area contributed by atoms with Crippen LogP contribution in [0.4, 0.5) is 0 Å². The average molecular weight is 170 g/mol. The van der Waals surface area contributed by atoms with E-state index in [4.69, 9.17) is 10.2 Å². The summed E-state index contributed by atoms with van der Waals surface area (Å²) < 4.78 is 0. The zero-order valence-corrected chi connectivity index (χ0v) is 6.71. The number of hydrogen-bond donors (Lipinski definition) is 2. The summed E-state index contributed by atoms with van der Waals surface area (Å²) in [6, 6.07) is 0. The van der Waals surface area contributed by atoms with E-state index in [1.54, 1.807) is 0 Å². The van der Waals surface area contributed by atoms with Gasteiger partial charge in [-0.1, -0.05) is 13.3 Å². The molecule has 0 aliphatic heterocycles. The van der Waals surface area contributed by atoms with Crippen LogP contribution in [0.1, 0.15) is 32.6 Å². The maximum atomic E-state index is 8.80. The summed E-state index contributed by atoms with van der Waals surface area (Å²) in [5, 5.41) is 17.3. The molecule has 2 N–H and O–H groups in total. The molecule has 2 nitrogen and oxygen atoms in total. The van der Waals surface area contributed by atoms with Gasteiger partial charge in [0.25, 0.3) is 0 Å². The van der Waals surface area contributed by atoms with Crippen LogP contribution in [0.2, 0.25) is 0 Å². The Morgan fingerprint density at radius 1 is 1.18 bits per heavy atom. The van der Waals surface area contributed by atoms with Crippen LogP contribution in [0.15, 0.2) is 0 Å². The van der Waals surface area contributed by atoms with Crippen molar-refractivity contribution in [3.05, 3.63) is 0 Å². The second-order valence-electron chi connectivity index (χ2n) is 2.70. The zero-order chi connectivity index (χ0) is 7.82. The standard InChI is InChI=1S/C8H18O2.Na.H/c1-2-4-8(7-10)5-3-6-9;;/h8-10H,2-7H2,1H3;;. The van der Waals surface area contributed by atoms with Crippen LogP contribution in [-0.2, 0) is 0 Å². The van der Waals surface area contributed by atoms with Gasteiger partial charge in [-0.05, 0) is 25.2 Å². The third kappa shape index (κ3) is 8.83. The van der Waals surface area contributed by atoms with Gasteiger partial charge < -0.3 is 10.2 Å². The van der Waals surface area contributed by atoms with Gasteiger partial charge in [-0.2, -0.15) is 0 Å². The predicted molar refractivity (Wildman–Crippen MR) is 49.0 cm³/mol. The van der Waals surface area contributed by atoms with Gasteiger partial charge in [-0.3, -0.25) is 0 Å². The average Bonchev–Trinajstić information content (AvgIpc) is 1.98. The fourth-order valence-corrected chi connectivity index (χ4v) is 1.12. The summed E-state index contributed by atoms with van der Waals surface area (Å²) in [7, 11) is 0. The van der Waals surface area contributed by atoms with Crippen LogP contribution >= 0.6 is 0 Å². The van der Waals surface area contributed by atoms with Gasteiger partial charge in [0.1, 0.15) is 0 Å². The van der Waals surface area contributed by atoms with Crippen molar-refractivity contribution in [1.82, 2.24) is 0 Å². The van der Waals surface area contributed by atoms with Crippen LogP contribution in [0, 0.1) is 5.92 Å². The van der Waals surface area contributed by atoms with E-state index in [1.807, 2.05) is 0 Å². The normalized spacial score (nSPS) is 12.3. The molecule has 0 amide bonds. The van der Waals surface area contributed by atoms with Crippen LogP contribution < -0.4 is 0 Å². The van der Waals surface area contributed by atoms with Gasteiger partial charge >= 0.3 is 29.6 Å². The first kappa shape index (κ1) is 14.4. The Morgan fingerprint density at radius 2 is 1.82 bits per heavy atom. The Hall–Kier alpha value is 0.920. The molecule has 1 atom stereocenters. The molecule has 0 aliphatic rings. The summed E-state index contributed by atoms with van der Waals surface area (Å²) in [5.41, 5.74) is 0. The summed E-state index contributed by atoms with van der Waals surface area (Å²) in [5.74, 6) is 0.414. The van der Waals surface area contributed by atoms with Gasteiger partial charge in [-0.25, -0.2) is 0 Å². The van der Waals surface area contributed by atoms with Crippen LogP contribution in [0.25, 0.3) is 0 Å². The fourth-order valence-electron chi connectivity index (χ4n) is 1.12. The quantitative estimate of drug-likeness (QED) is 0.570. The molecule has 3 heteroatoms. The predicted octanol–water partition coefficient (Wildman–Crippen LogP) is 0.519. The van der Waals surface area contributed by atoms with Gasteiger partial charge in [0.05, 0.1) is 0 Å². The molecule has 1 unspecified atom stereocenters. The SMILES string of the molecule is CCCC(CO)CCCO.[NaH]. The van der Waals surface area contributed by atoms with Gasteiger partial charge in [0.15, 0.2) is 0 Å². The van der Waals surface area contributed by atoms with Crippen LogP contribution in [0.3, 0.4) is 0 Å². The summed E-state index contributed by atoms with van der Waals surface area (Å²) in [4.78, 5) is 0. The first-order valence-electron chi connectivity index (χ1n) is 4.06. The van der Waals surface area contributed by atoms with Gasteiger partial charge in [0, 0.05) is 13.2 Å². The molecule has 0 heterocycles. The Bertz CT molecular complexity index is 69.1. The molecule has 0 fully saturated rings. The second kappa shape index (κ2) is 10.9. The maximum absolute atomic E-state index is 8.80. The van der Waals surface area contributed by atoms with Crippen LogP contribution in [0.5, 0.6) is 0 Å². The Balaban J connectivity index is 0. The van der Waals surface area contributed by atoms with E-state index in [2.05, 4.69) is 6.92 Å². The third-order valence-corrected chi connectivity index (χ3v) is 1.73. The zero-order valence-electron chi connectivity index (χ0n) is 6.71. The van der Waals surface area contributed by atoms with E-state index in [0.717, 1.165) is 25.7 Å². The van der Waals surface area contributed by atoms with Gasteiger partial charge in [0.2, 0.25) is 0 Å².